The number of allylic oxidation sites excluding steroid dienone is 1. The van der Waals surface area contributed by atoms with Crippen LogP contribution in [0.2, 0.25) is 0 Å². The van der Waals surface area contributed by atoms with E-state index in [0.717, 1.165) is 19.3 Å². The summed E-state index contributed by atoms with van der Waals surface area (Å²) < 4.78 is 30.7. The van der Waals surface area contributed by atoms with E-state index in [1.54, 1.807) is 37.5 Å². The lowest BCUT2D eigenvalue weighted by Gasteiger charge is -2.15. The SMILES string of the molecule is CO[C@@H]1C=C(S(=O)(=O)c2ccccc2)[C@@H](C)CCC1. The van der Waals surface area contributed by atoms with Gasteiger partial charge in [-0.15, -0.1) is 0 Å². The molecule has 0 N–H and O–H groups in total. The molecule has 0 fully saturated rings. The van der Waals surface area contributed by atoms with E-state index in [-0.39, 0.29) is 12.0 Å². The van der Waals surface area contributed by atoms with Crippen LogP contribution in [-0.2, 0) is 14.6 Å². The Kier molecular flexibility index (Phi) is 4.42. The Balaban J connectivity index is 2.45. The molecule has 0 aromatic heterocycles. The molecule has 1 aliphatic carbocycles. The summed E-state index contributed by atoms with van der Waals surface area (Å²) >= 11 is 0. The lowest BCUT2D eigenvalue weighted by atomic mass is 10.1. The van der Waals surface area contributed by atoms with Gasteiger partial charge in [0.25, 0.3) is 0 Å². The van der Waals surface area contributed by atoms with Gasteiger partial charge in [-0.1, -0.05) is 25.1 Å². The van der Waals surface area contributed by atoms with Gasteiger partial charge in [0.15, 0.2) is 0 Å². The van der Waals surface area contributed by atoms with Gasteiger partial charge in [-0.3, -0.25) is 0 Å². The van der Waals surface area contributed by atoms with Crippen molar-refractivity contribution in [2.45, 2.75) is 37.2 Å². The quantitative estimate of drug-likeness (QED) is 0.854. The van der Waals surface area contributed by atoms with Crippen LogP contribution in [0.5, 0.6) is 0 Å². The zero-order chi connectivity index (χ0) is 13.9. The van der Waals surface area contributed by atoms with E-state index in [9.17, 15) is 8.42 Å². The highest BCUT2D eigenvalue weighted by Gasteiger charge is 2.28. The number of sulfone groups is 1. The van der Waals surface area contributed by atoms with Crippen molar-refractivity contribution < 1.29 is 13.2 Å². The summed E-state index contributed by atoms with van der Waals surface area (Å²) in [5.41, 5.74) is 0. The van der Waals surface area contributed by atoms with Gasteiger partial charge in [0.2, 0.25) is 9.84 Å². The van der Waals surface area contributed by atoms with Crippen molar-refractivity contribution in [1.82, 2.24) is 0 Å². The highest BCUT2D eigenvalue weighted by molar-refractivity contribution is 7.95. The van der Waals surface area contributed by atoms with Crippen molar-refractivity contribution in [3.05, 3.63) is 41.3 Å². The third-order valence-electron chi connectivity index (χ3n) is 3.63. The summed E-state index contributed by atoms with van der Waals surface area (Å²) in [5.74, 6) is 0.0466. The van der Waals surface area contributed by atoms with Crippen molar-refractivity contribution in [1.29, 1.82) is 0 Å². The summed E-state index contributed by atoms with van der Waals surface area (Å²) in [6.45, 7) is 1.98. The molecule has 0 aliphatic heterocycles. The van der Waals surface area contributed by atoms with Crippen molar-refractivity contribution in [3.63, 3.8) is 0 Å². The summed E-state index contributed by atoms with van der Waals surface area (Å²) in [6, 6.07) is 8.62. The van der Waals surface area contributed by atoms with Gasteiger partial charge in [-0.2, -0.15) is 0 Å². The molecule has 0 radical (unpaired) electrons. The molecule has 0 saturated heterocycles. The minimum atomic E-state index is -3.40. The Bertz CT molecular complexity index is 546. The smallest absolute Gasteiger partial charge is 0.202 e. The third kappa shape index (κ3) is 3.07. The summed E-state index contributed by atoms with van der Waals surface area (Å²) in [4.78, 5) is 0.868. The second kappa shape index (κ2) is 5.88. The second-order valence-corrected chi connectivity index (χ2v) is 6.94. The van der Waals surface area contributed by atoms with Crippen molar-refractivity contribution in [2.24, 2.45) is 5.92 Å². The predicted octanol–water partition coefficient (Wildman–Crippen LogP) is 3.18. The molecular weight excluding hydrogens is 260 g/mol. The number of ether oxygens (including phenoxy) is 1. The van der Waals surface area contributed by atoms with Gasteiger partial charge in [0.05, 0.1) is 15.9 Å². The average molecular weight is 280 g/mol. The van der Waals surface area contributed by atoms with E-state index in [1.807, 2.05) is 13.0 Å². The Morgan fingerprint density at radius 1 is 1.16 bits per heavy atom. The highest BCUT2D eigenvalue weighted by atomic mass is 32.2. The molecule has 0 spiro atoms. The van der Waals surface area contributed by atoms with Crippen LogP contribution < -0.4 is 0 Å². The molecule has 4 heteroatoms. The van der Waals surface area contributed by atoms with Crippen LogP contribution in [0.4, 0.5) is 0 Å². The topological polar surface area (TPSA) is 43.4 Å². The van der Waals surface area contributed by atoms with Crippen molar-refractivity contribution >= 4 is 9.84 Å². The maximum absolute atomic E-state index is 12.7. The predicted molar refractivity (Wildman–Crippen MR) is 75.5 cm³/mol. The largest absolute Gasteiger partial charge is 0.377 e. The molecule has 0 heterocycles. The minimum absolute atomic E-state index is 0.0466. The van der Waals surface area contributed by atoms with E-state index >= 15 is 0 Å². The highest BCUT2D eigenvalue weighted by Crippen LogP contribution is 2.32. The number of hydrogen-bond acceptors (Lipinski definition) is 3. The molecule has 19 heavy (non-hydrogen) atoms. The number of methoxy groups -OCH3 is 1. The summed E-state index contributed by atoms with van der Waals surface area (Å²) in [6.07, 6.45) is 4.45. The van der Waals surface area contributed by atoms with Gasteiger partial charge in [-0.05, 0) is 43.4 Å². The van der Waals surface area contributed by atoms with Crippen molar-refractivity contribution in [2.75, 3.05) is 7.11 Å². The van der Waals surface area contributed by atoms with Gasteiger partial charge in [0, 0.05) is 7.11 Å². The van der Waals surface area contributed by atoms with E-state index in [1.165, 1.54) is 0 Å². The van der Waals surface area contributed by atoms with E-state index in [2.05, 4.69) is 0 Å². The summed E-state index contributed by atoms with van der Waals surface area (Å²) in [7, 11) is -1.77. The first-order chi connectivity index (χ1) is 9.05. The first kappa shape index (κ1) is 14.3. The second-order valence-electron chi connectivity index (χ2n) is 4.99. The molecule has 1 aromatic carbocycles. The van der Waals surface area contributed by atoms with Gasteiger partial charge >= 0.3 is 0 Å². The van der Waals surface area contributed by atoms with Crippen LogP contribution in [0.25, 0.3) is 0 Å². The molecule has 2 rings (SSSR count). The molecule has 0 bridgehead atoms. The van der Waals surface area contributed by atoms with Crippen LogP contribution in [0.1, 0.15) is 26.2 Å². The third-order valence-corrected chi connectivity index (χ3v) is 5.68. The van der Waals surface area contributed by atoms with Gasteiger partial charge < -0.3 is 4.74 Å². The van der Waals surface area contributed by atoms with Gasteiger partial charge in [-0.25, -0.2) is 8.42 Å². The van der Waals surface area contributed by atoms with Crippen LogP contribution in [0.3, 0.4) is 0 Å². The Labute approximate surface area is 115 Å². The van der Waals surface area contributed by atoms with Crippen molar-refractivity contribution in [3.8, 4) is 0 Å². The Hall–Kier alpha value is -1.13. The van der Waals surface area contributed by atoms with Gasteiger partial charge in [0.1, 0.15) is 0 Å². The van der Waals surface area contributed by atoms with Crippen LogP contribution in [0, 0.1) is 5.92 Å². The minimum Gasteiger partial charge on any atom is -0.377 e. The fraction of sp³-hybridized carbons (Fsp3) is 0.467. The Morgan fingerprint density at radius 3 is 2.47 bits per heavy atom. The zero-order valence-corrected chi connectivity index (χ0v) is 12.2. The van der Waals surface area contributed by atoms with E-state index in [0.29, 0.717) is 9.80 Å². The van der Waals surface area contributed by atoms with Crippen LogP contribution >= 0.6 is 0 Å². The molecule has 104 valence electrons. The first-order valence-corrected chi connectivity index (χ1v) is 8.08. The number of hydrogen-bond donors (Lipinski definition) is 0. The fourth-order valence-electron chi connectivity index (χ4n) is 2.47. The molecule has 0 unspecified atom stereocenters. The van der Waals surface area contributed by atoms with Crippen LogP contribution in [-0.4, -0.2) is 21.6 Å². The van der Waals surface area contributed by atoms with Crippen LogP contribution in [0.15, 0.2) is 46.2 Å². The molecule has 1 aromatic rings. The average Bonchev–Trinajstić information content (AvgIpc) is 2.61. The lowest BCUT2D eigenvalue weighted by molar-refractivity contribution is 0.132. The fourth-order valence-corrected chi connectivity index (χ4v) is 4.24. The number of benzene rings is 1. The molecule has 0 saturated carbocycles. The molecule has 3 nitrogen and oxygen atoms in total. The maximum atomic E-state index is 12.7. The molecule has 0 amide bonds. The molecule has 2 atom stereocenters. The monoisotopic (exact) mass is 280 g/mol. The molecular formula is C15H20O3S. The zero-order valence-electron chi connectivity index (χ0n) is 11.4. The Morgan fingerprint density at radius 2 is 1.84 bits per heavy atom. The standard InChI is InChI=1S/C15H20O3S/c1-12-7-6-8-13(18-2)11-15(12)19(16,17)14-9-4-3-5-10-14/h3-5,9-13H,6-8H2,1-2H3/t12-,13-/m0/s1. The summed E-state index contributed by atoms with van der Waals surface area (Å²) in [5, 5.41) is 0. The normalized spacial score (nSPS) is 24.6. The van der Waals surface area contributed by atoms with E-state index < -0.39 is 9.84 Å². The molecule has 1 aliphatic rings. The van der Waals surface area contributed by atoms with E-state index in [4.69, 9.17) is 4.74 Å². The number of rotatable bonds is 3. The first-order valence-electron chi connectivity index (χ1n) is 6.60. The lowest BCUT2D eigenvalue weighted by Crippen LogP contribution is -2.13. The maximum Gasteiger partial charge on any atom is 0.202 e.